The summed E-state index contributed by atoms with van der Waals surface area (Å²) in [6, 6.07) is 8.03. The molecule has 1 aromatic carbocycles. The van der Waals surface area contributed by atoms with Crippen molar-refractivity contribution in [3.8, 4) is 5.75 Å². The molecule has 56 valence electrons. The van der Waals surface area contributed by atoms with Crippen molar-refractivity contribution in [2.75, 3.05) is 0 Å². The van der Waals surface area contributed by atoms with Crippen molar-refractivity contribution >= 4 is 11.8 Å². The van der Waals surface area contributed by atoms with Gasteiger partial charge in [-0.15, -0.1) is 0 Å². The highest BCUT2D eigenvalue weighted by Gasteiger charge is 2.19. The van der Waals surface area contributed by atoms with Crippen LogP contribution in [0.2, 0.25) is 0 Å². The number of ether oxygens (including phenoxy) is 1. The van der Waals surface area contributed by atoms with Gasteiger partial charge in [-0.25, -0.2) is 0 Å². The third-order valence-corrected chi connectivity index (χ3v) is 2.64. The Bertz CT molecular complexity index is 258. The minimum Gasteiger partial charge on any atom is -0.474 e. The van der Waals surface area contributed by atoms with Crippen LogP contribution >= 0.6 is 11.8 Å². The lowest BCUT2D eigenvalue weighted by atomic mass is 10.3. The fraction of sp³-hybridized carbons (Fsp3) is 0.111. The van der Waals surface area contributed by atoms with Crippen LogP contribution in [0.3, 0.4) is 0 Å². The number of benzene rings is 1. The highest BCUT2D eigenvalue weighted by Crippen LogP contribution is 2.40. The quantitative estimate of drug-likeness (QED) is 0.590. The molecular weight excluding hydrogens is 156 g/mol. The van der Waals surface area contributed by atoms with E-state index in [4.69, 9.17) is 4.74 Å². The molecule has 0 saturated heterocycles. The third-order valence-electron chi connectivity index (χ3n) is 1.53. The summed E-state index contributed by atoms with van der Waals surface area (Å²) >= 11 is 1.70. The minimum absolute atomic E-state index is 0.104. The molecule has 1 heterocycles. The molecule has 0 N–H and O–H groups in total. The molecule has 1 aliphatic heterocycles. The monoisotopic (exact) mass is 164 g/mol. The maximum atomic E-state index is 5.50. The Kier molecular flexibility index (Phi) is 1.62. The topological polar surface area (TPSA) is 9.23 Å². The fourth-order valence-corrected chi connectivity index (χ4v) is 1.90. The van der Waals surface area contributed by atoms with Crippen LogP contribution in [0.4, 0.5) is 0 Å². The molecule has 0 saturated carbocycles. The Hall–Kier alpha value is -0.890. The van der Waals surface area contributed by atoms with Gasteiger partial charge >= 0.3 is 0 Å². The second-order valence-corrected chi connectivity index (χ2v) is 3.43. The molecule has 0 amide bonds. The van der Waals surface area contributed by atoms with E-state index in [0.29, 0.717) is 0 Å². The molecule has 0 aromatic heterocycles. The van der Waals surface area contributed by atoms with Gasteiger partial charge < -0.3 is 4.74 Å². The summed E-state index contributed by atoms with van der Waals surface area (Å²) < 4.78 is 5.50. The average Bonchev–Trinajstić information content (AvgIpc) is 2.46. The SMILES string of the molecule is C=CC1Oc2ccccc2S1. The van der Waals surface area contributed by atoms with Crippen molar-refractivity contribution in [2.45, 2.75) is 10.3 Å². The molecule has 1 unspecified atom stereocenters. The van der Waals surface area contributed by atoms with E-state index < -0.39 is 0 Å². The zero-order valence-electron chi connectivity index (χ0n) is 5.99. The van der Waals surface area contributed by atoms with E-state index in [1.807, 2.05) is 24.3 Å². The first-order valence-corrected chi connectivity index (χ1v) is 4.33. The molecule has 1 atom stereocenters. The first-order chi connectivity index (χ1) is 5.40. The van der Waals surface area contributed by atoms with Crippen molar-refractivity contribution in [3.63, 3.8) is 0 Å². The summed E-state index contributed by atoms with van der Waals surface area (Å²) in [5, 5.41) is 0. The van der Waals surface area contributed by atoms with E-state index >= 15 is 0 Å². The van der Waals surface area contributed by atoms with Gasteiger partial charge in [0.05, 0.1) is 4.90 Å². The minimum atomic E-state index is 0.104. The molecule has 0 aliphatic carbocycles. The Morgan fingerprint density at radius 2 is 2.27 bits per heavy atom. The standard InChI is InChI=1S/C9H8OS/c1-2-9-10-7-5-3-4-6-8(7)11-9/h2-6,9H,1H2. The third kappa shape index (κ3) is 1.14. The summed E-state index contributed by atoms with van der Waals surface area (Å²) in [5.41, 5.74) is 0.104. The lowest BCUT2D eigenvalue weighted by Gasteiger charge is -2.00. The van der Waals surface area contributed by atoms with Crippen LogP contribution in [0.1, 0.15) is 0 Å². The first kappa shape index (κ1) is 6.80. The van der Waals surface area contributed by atoms with Gasteiger partial charge in [-0.05, 0) is 18.2 Å². The predicted octanol–water partition coefficient (Wildman–Crippen LogP) is 2.68. The molecule has 2 heteroatoms. The van der Waals surface area contributed by atoms with E-state index in [-0.39, 0.29) is 5.44 Å². The Balaban J connectivity index is 2.33. The van der Waals surface area contributed by atoms with Crippen molar-refractivity contribution in [3.05, 3.63) is 36.9 Å². The van der Waals surface area contributed by atoms with Crippen molar-refractivity contribution in [1.29, 1.82) is 0 Å². The molecule has 1 nitrogen and oxygen atoms in total. The molecule has 1 aliphatic rings. The van der Waals surface area contributed by atoms with Gasteiger partial charge in [-0.2, -0.15) is 0 Å². The number of thioether (sulfide) groups is 1. The van der Waals surface area contributed by atoms with Crippen LogP contribution in [0, 0.1) is 0 Å². The van der Waals surface area contributed by atoms with Gasteiger partial charge in [0.2, 0.25) is 0 Å². The number of fused-ring (bicyclic) bond motifs is 1. The summed E-state index contributed by atoms with van der Waals surface area (Å²) in [5.74, 6) is 0.974. The highest BCUT2D eigenvalue weighted by molar-refractivity contribution is 8.00. The molecule has 0 radical (unpaired) electrons. The smallest absolute Gasteiger partial charge is 0.167 e. The zero-order valence-corrected chi connectivity index (χ0v) is 6.80. The molecular formula is C9H8OS. The molecule has 2 rings (SSSR count). The molecule has 0 spiro atoms. The fourth-order valence-electron chi connectivity index (χ4n) is 1.02. The normalized spacial score (nSPS) is 20.5. The Morgan fingerprint density at radius 3 is 3.00 bits per heavy atom. The predicted molar refractivity (Wildman–Crippen MR) is 46.9 cm³/mol. The van der Waals surface area contributed by atoms with Crippen LogP contribution in [0.25, 0.3) is 0 Å². The van der Waals surface area contributed by atoms with Gasteiger partial charge in [-0.1, -0.05) is 30.5 Å². The largest absolute Gasteiger partial charge is 0.474 e. The van der Waals surface area contributed by atoms with Crippen molar-refractivity contribution in [1.82, 2.24) is 0 Å². The number of para-hydroxylation sites is 1. The van der Waals surface area contributed by atoms with Gasteiger partial charge in [0.25, 0.3) is 0 Å². The Morgan fingerprint density at radius 1 is 1.45 bits per heavy atom. The van der Waals surface area contributed by atoms with Crippen molar-refractivity contribution in [2.24, 2.45) is 0 Å². The van der Waals surface area contributed by atoms with Gasteiger partial charge in [0.15, 0.2) is 5.44 Å². The summed E-state index contributed by atoms with van der Waals surface area (Å²) in [4.78, 5) is 1.21. The van der Waals surface area contributed by atoms with Crippen LogP contribution in [-0.2, 0) is 0 Å². The van der Waals surface area contributed by atoms with E-state index in [9.17, 15) is 0 Å². The van der Waals surface area contributed by atoms with Gasteiger partial charge in [-0.3, -0.25) is 0 Å². The van der Waals surface area contributed by atoms with E-state index in [2.05, 4.69) is 12.6 Å². The lowest BCUT2D eigenvalue weighted by Crippen LogP contribution is -2.00. The zero-order chi connectivity index (χ0) is 7.68. The molecule has 1 aromatic rings. The molecule has 11 heavy (non-hydrogen) atoms. The van der Waals surface area contributed by atoms with Gasteiger partial charge in [0.1, 0.15) is 5.75 Å². The average molecular weight is 164 g/mol. The van der Waals surface area contributed by atoms with Crippen LogP contribution in [0.15, 0.2) is 41.8 Å². The van der Waals surface area contributed by atoms with Gasteiger partial charge in [0, 0.05) is 0 Å². The first-order valence-electron chi connectivity index (χ1n) is 3.45. The summed E-state index contributed by atoms with van der Waals surface area (Å²) in [6.45, 7) is 3.68. The highest BCUT2D eigenvalue weighted by atomic mass is 32.2. The van der Waals surface area contributed by atoms with Crippen LogP contribution < -0.4 is 4.74 Å². The maximum Gasteiger partial charge on any atom is 0.167 e. The van der Waals surface area contributed by atoms with E-state index in [0.717, 1.165) is 5.75 Å². The number of hydrogen-bond acceptors (Lipinski definition) is 2. The lowest BCUT2D eigenvalue weighted by molar-refractivity contribution is 0.339. The molecule has 0 fully saturated rings. The summed E-state index contributed by atoms with van der Waals surface area (Å²) in [6.07, 6.45) is 1.81. The van der Waals surface area contributed by atoms with Crippen LogP contribution in [0.5, 0.6) is 5.75 Å². The number of rotatable bonds is 1. The second kappa shape index (κ2) is 2.62. The van der Waals surface area contributed by atoms with E-state index in [1.165, 1.54) is 4.90 Å². The maximum absolute atomic E-state index is 5.50. The second-order valence-electron chi connectivity index (χ2n) is 2.29. The number of hydrogen-bond donors (Lipinski definition) is 0. The summed E-state index contributed by atoms with van der Waals surface area (Å²) in [7, 11) is 0. The van der Waals surface area contributed by atoms with Crippen molar-refractivity contribution < 1.29 is 4.74 Å². The Labute approximate surface area is 70.1 Å². The van der Waals surface area contributed by atoms with Crippen LogP contribution in [-0.4, -0.2) is 5.44 Å². The molecule has 0 bridgehead atoms. The van der Waals surface area contributed by atoms with E-state index in [1.54, 1.807) is 11.8 Å².